The fourth-order valence-corrected chi connectivity index (χ4v) is 4.63. The van der Waals surface area contributed by atoms with Gasteiger partial charge in [0.05, 0.1) is 33.3 Å². The van der Waals surface area contributed by atoms with Crippen LogP contribution in [-0.4, -0.2) is 25.4 Å². The van der Waals surface area contributed by atoms with Gasteiger partial charge in [0.2, 0.25) is 0 Å². The average Bonchev–Trinajstić information content (AvgIpc) is 2.83. The van der Waals surface area contributed by atoms with Crippen LogP contribution in [0.15, 0.2) is 80.1 Å². The van der Waals surface area contributed by atoms with E-state index in [9.17, 15) is 19.2 Å². The summed E-state index contributed by atoms with van der Waals surface area (Å²) in [7, 11) is 1.49. The molecule has 0 saturated heterocycles. The first-order valence-corrected chi connectivity index (χ1v) is 11.2. The molecule has 0 N–H and O–H groups in total. The van der Waals surface area contributed by atoms with Gasteiger partial charge < -0.3 is 4.74 Å². The minimum Gasteiger partial charge on any atom is -0.496 e. The highest BCUT2D eigenvalue weighted by Gasteiger charge is 2.17. The van der Waals surface area contributed by atoms with Gasteiger partial charge in [-0.25, -0.2) is 9.59 Å². The van der Waals surface area contributed by atoms with E-state index < -0.39 is 22.5 Å². The van der Waals surface area contributed by atoms with Crippen molar-refractivity contribution in [1.29, 1.82) is 0 Å². The maximum Gasteiger partial charge on any atom is 0.331 e. The van der Waals surface area contributed by atoms with E-state index in [1.54, 1.807) is 0 Å². The summed E-state index contributed by atoms with van der Waals surface area (Å²) in [6.07, 6.45) is 2.99. The van der Waals surface area contributed by atoms with Crippen LogP contribution in [0.25, 0.3) is 0 Å². The Morgan fingerprint density at radius 2 is 1.17 bits per heavy atom. The van der Waals surface area contributed by atoms with Crippen LogP contribution in [0.1, 0.15) is 27.8 Å². The third-order valence-corrected chi connectivity index (χ3v) is 6.22. The van der Waals surface area contributed by atoms with Gasteiger partial charge in [0.1, 0.15) is 5.75 Å². The molecule has 9 nitrogen and oxygen atoms in total. The predicted octanol–water partition coefficient (Wildman–Crippen LogP) is 1.16. The molecule has 1 aliphatic rings. The Balaban J connectivity index is 1.80. The van der Waals surface area contributed by atoms with Crippen LogP contribution in [-0.2, 0) is 26.2 Å². The van der Waals surface area contributed by atoms with Crippen molar-refractivity contribution in [1.82, 2.24) is 18.3 Å². The van der Waals surface area contributed by atoms with Crippen LogP contribution in [0.4, 0.5) is 0 Å². The van der Waals surface area contributed by atoms with Crippen molar-refractivity contribution in [3.05, 3.63) is 130 Å². The summed E-state index contributed by atoms with van der Waals surface area (Å²) in [4.78, 5) is 51.9. The Morgan fingerprint density at radius 1 is 0.686 bits per heavy atom. The maximum atomic E-state index is 13.3. The van der Waals surface area contributed by atoms with E-state index in [2.05, 4.69) is 0 Å². The van der Waals surface area contributed by atoms with Crippen molar-refractivity contribution >= 4 is 0 Å². The molecule has 8 bridgehead atoms. The fourth-order valence-electron chi connectivity index (χ4n) is 4.63. The number of ether oxygens (including phenoxy) is 1. The van der Waals surface area contributed by atoms with Crippen molar-refractivity contribution < 1.29 is 4.74 Å². The van der Waals surface area contributed by atoms with E-state index in [0.29, 0.717) is 16.9 Å². The van der Waals surface area contributed by atoms with Crippen molar-refractivity contribution in [2.75, 3.05) is 7.11 Å². The van der Waals surface area contributed by atoms with E-state index in [-0.39, 0.29) is 26.2 Å². The minimum absolute atomic E-state index is 0.00960. The highest BCUT2D eigenvalue weighted by molar-refractivity contribution is 5.45. The van der Waals surface area contributed by atoms with E-state index in [0.717, 1.165) is 16.7 Å². The smallest absolute Gasteiger partial charge is 0.331 e. The number of aromatic nitrogens is 4. The van der Waals surface area contributed by atoms with Gasteiger partial charge in [-0.15, -0.1) is 0 Å². The zero-order chi connectivity index (χ0) is 24.7. The molecule has 3 heterocycles. The molecule has 9 heteroatoms. The average molecular weight is 473 g/mol. The highest BCUT2D eigenvalue weighted by Crippen LogP contribution is 2.27. The zero-order valence-corrected chi connectivity index (χ0v) is 19.4. The topological polar surface area (TPSA) is 97.2 Å². The Labute approximate surface area is 199 Å². The highest BCUT2D eigenvalue weighted by atomic mass is 16.5. The zero-order valence-electron chi connectivity index (χ0n) is 19.4. The molecule has 0 fully saturated rings. The van der Waals surface area contributed by atoms with Crippen LogP contribution >= 0.6 is 0 Å². The predicted molar refractivity (Wildman–Crippen MR) is 131 cm³/mol. The monoisotopic (exact) mass is 472 g/mol. The van der Waals surface area contributed by atoms with Crippen LogP contribution in [0, 0.1) is 6.92 Å². The lowest BCUT2D eigenvalue weighted by molar-refractivity contribution is 0.399. The Bertz CT molecular complexity index is 1570. The van der Waals surface area contributed by atoms with E-state index in [4.69, 9.17) is 4.74 Å². The van der Waals surface area contributed by atoms with Crippen molar-refractivity contribution in [2.45, 2.75) is 33.1 Å². The molecule has 0 saturated carbocycles. The second-order valence-corrected chi connectivity index (χ2v) is 8.74. The summed E-state index contributed by atoms with van der Waals surface area (Å²) in [5, 5.41) is 0. The second-order valence-electron chi connectivity index (χ2n) is 8.74. The molecule has 0 unspecified atom stereocenters. The van der Waals surface area contributed by atoms with Crippen molar-refractivity contribution in [3.8, 4) is 5.75 Å². The SMILES string of the molecule is COc1c2cc(C)cc1Cn1c(=O)ccn(c1=O)Cc1cccc(c1)Cn1ccc(=O)n(c1=O)C2. The molecule has 1 aliphatic heterocycles. The summed E-state index contributed by atoms with van der Waals surface area (Å²) in [5.41, 5.74) is 2.05. The molecule has 5 rings (SSSR count). The van der Waals surface area contributed by atoms with Gasteiger partial charge in [-0.05, 0) is 18.1 Å². The maximum absolute atomic E-state index is 13.3. The molecule has 178 valence electrons. The molecule has 2 aromatic heterocycles. The van der Waals surface area contributed by atoms with Crippen LogP contribution in [0.5, 0.6) is 5.75 Å². The molecular weight excluding hydrogens is 448 g/mol. The lowest BCUT2D eigenvalue weighted by Crippen LogP contribution is -2.40. The third kappa shape index (κ3) is 4.16. The quantitative estimate of drug-likeness (QED) is 0.365. The number of nitrogens with zero attached hydrogens (tertiary/aromatic N) is 4. The van der Waals surface area contributed by atoms with E-state index in [1.807, 2.05) is 43.3 Å². The molecule has 2 aromatic carbocycles. The molecule has 0 radical (unpaired) electrons. The summed E-state index contributed by atoms with van der Waals surface area (Å²) < 4.78 is 11.0. The second kappa shape index (κ2) is 8.75. The fraction of sp³-hybridized carbons (Fsp3) is 0.231. The molecule has 0 atom stereocenters. The van der Waals surface area contributed by atoms with Crippen molar-refractivity contribution in [3.63, 3.8) is 0 Å². The van der Waals surface area contributed by atoms with Crippen LogP contribution in [0.3, 0.4) is 0 Å². The Kier molecular flexibility index (Phi) is 5.60. The number of rotatable bonds is 1. The number of fused-ring (bicyclic) bond motifs is 8. The number of hydrogen-bond acceptors (Lipinski definition) is 5. The molecule has 0 amide bonds. The molecule has 35 heavy (non-hydrogen) atoms. The first-order valence-electron chi connectivity index (χ1n) is 11.2. The van der Waals surface area contributed by atoms with Gasteiger partial charge in [-0.1, -0.05) is 42.0 Å². The summed E-state index contributed by atoms with van der Waals surface area (Å²) >= 11 is 0. The van der Waals surface area contributed by atoms with Crippen LogP contribution < -0.4 is 27.2 Å². The third-order valence-electron chi connectivity index (χ3n) is 6.22. The molecular formula is C26H24N4O5. The first-order chi connectivity index (χ1) is 16.8. The number of hydrogen-bond donors (Lipinski definition) is 0. The standard InChI is InChI=1S/C26H24N4O5/c1-17-10-20-15-29-22(31)6-8-27(25(29)33)13-18-4-3-5-19(12-18)14-28-9-7-23(32)30(26(28)34)16-21(11-17)24(20)35-2/h3-12H,13-16H2,1-2H3. The normalized spacial score (nSPS) is 12.9. The van der Waals surface area contributed by atoms with Gasteiger partial charge in [-0.3, -0.25) is 27.9 Å². The Morgan fingerprint density at radius 3 is 1.63 bits per heavy atom. The summed E-state index contributed by atoms with van der Waals surface area (Å²) in [6.45, 7) is 2.37. The molecule has 4 aromatic rings. The van der Waals surface area contributed by atoms with Gasteiger partial charge in [0.25, 0.3) is 11.1 Å². The summed E-state index contributed by atoms with van der Waals surface area (Å²) in [6, 6.07) is 14.0. The van der Waals surface area contributed by atoms with Gasteiger partial charge in [0, 0.05) is 35.7 Å². The molecule has 0 aliphatic carbocycles. The van der Waals surface area contributed by atoms with E-state index >= 15 is 0 Å². The number of methoxy groups -OCH3 is 1. The van der Waals surface area contributed by atoms with Gasteiger partial charge in [0.15, 0.2) is 0 Å². The van der Waals surface area contributed by atoms with Gasteiger partial charge >= 0.3 is 11.4 Å². The first kappa shape index (κ1) is 22.4. The Hall–Kier alpha value is -4.40. The van der Waals surface area contributed by atoms with E-state index in [1.165, 1.54) is 49.9 Å². The molecule has 0 spiro atoms. The van der Waals surface area contributed by atoms with Crippen molar-refractivity contribution in [2.24, 2.45) is 0 Å². The van der Waals surface area contributed by atoms with Crippen LogP contribution in [0.2, 0.25) is 0 Å². The number of aryl methyl sites for hydroxylation is 1. The lowest BCUT2D eigenvalue weighted by atomic mass is 10.0. The lowest BCUT2D eigenvalue weighted by Gasteiger charge is -2.18. The summed E-state index contributed by atoms with van der Waals surface area (Å²) in [5.74, 6) is 0.427. The van der Waals surface area contributed by atoms with Gasteiger partial charge in [-0.2, -0.15) is 0 Å². The number of benzene rings is 2. The largest absolute Gasteiger partial charge is 0.496 e. The minimum atomic E-state index is -0.433.